The summed E-state index contributed by atoms with van der Waals surface area (Å²) in [5.41, 5.74) is 1.23. The molecule has 1 saturated carbocycles. The Kier molecular flexibility index (Phi) is 5.71. The lowest BCUT2D eigenvalue weighted by Gasteiger charge is -2.26. The SMILES string of the molecule is CN(Cc1cccn1C)C(=NCC1CCS(=O)(=O)C1)NC1CCCC1. The molecule has 7 heteroatoms. The monoisotopic (exact) mass is 366 g/mol. The van der Waals surface area contributed by atoms with E-state index in [4.69, 9.17) is 4.99 Å². The minimum atomic E-state index is -2.84. The zero-order chi connectivity index (χ0) is 17.9. The van der Waals surface area contributed by atoms with Gasteiger partial charge in [-0.1, -0.05) is 12.8 Å². The molecule has 1 aliphatic heterocycles. The minimum absolute atomic E-state index is 0.161. The zero-order valence-corrected chi connectivity index (χ0v) is 16.1. The number of hydrogen-bond acceptors (Lipinski definition) is 3. The highest BCUT2D eigenvalue weighted by atomic mass is 32.2. The Morgan fingerprint density at radius 3 is 2.72 bits per heavy atom. The number of nitrogens with zero attached hydrogens (tertiary/aromatic N) is 3. The van der Waals surface area contributed by atoms with Crippen molar-refractivity contribution >= 4 is 15.8 Å². The molecule has 0 amide bonds. The molecule has 1 saturated heterocycles. The highest BCUT2D eigenvalue weighted by molar-refractivity contribution is 7.91. The molecule has 0 radical (unpaired) electrons. The maximum absolute atomic E-state index is 11.7. The van der Waals surface area contributed by atoms with Gasteiger partial charge >= 0.3 is 0 Å². The van der Waals surface area contributed by atoms with Gasteiger partial charge in [-0.2, -0.15) is 0 Å². The second-order valence-electron chi connectivity index (χ2n) is 7.53. The largest absolute Gasteiger partial charge is 0.354 e. The van der Waals surface area contributed by atoms with Crippen LogP contribution in [0.4, 0.5) is 0 Å². The summed E-state index contributed by atoms with van der Waals surface area (Å²) in [4.78, 5) is 6.95. The summed E-state index contributed by atoms with van der Waals surface area (Å²) in [6.07, 6.45) is 7.71. The molecular weight excluding hydrogens is 336 g/mol. The van der Waals surface area contributed by atoms with Gasteiger partial charge in [-0.15, -0.1) is 0 Å². The van der Waals surface area contributed by atoms with Crippen LogP contribution in [0.3, 0.4) is 0 Å². The Bertz CT molecular complexity index is 704. The van der Waals surface area contributed by atoms with Crippen LogP contribution in [0.5, 0.6) is 0 Å². The fourth-order valence-corrected chi connectivity index (χ4v) is 5.59. The van der Waals surface area contributed by atoms with E-state index in [1.165, 1.54) is 31.4 Å². The standard InChI is InChI=1S/C18H30N4O2S/c1-21-10-5-8-17(21)13-22(2)18(20-16-6-3-4-7-16)19-12-15-9-11-25(23,24)14-15/h5,8,10,15-16H,3-4,6-7,9,11-14H2,1-2H3,(H,19,20). The van der Waals surface area contributed by atoms with Crippen LogP contribution < -0.4 is 5.32 Å². The number of sulfone groups is 1. The van der Waals surface area contributed by atoms with Gasteiger partial charge in [0.2, 0.25) is 0 Å². The highest BCUT2D eigenvalue weighted by Crippen LogP contribution is 2.20. The van der Waals surface area contributed by atoms with Crippen LogP contribution in [0.2, 0.25) is 0 Å². The van der Waals surface area contributed by atoms with Gasteiger partial charge in [0.25, 0.3) is 0 Å². The molecule has 6 nitrogen and oxygen atoms in total. The molecule has 1 aromatic rings. The van der Waals surface area contributed by atoms with Gasteiger partial charge < -0.3 is 14.8 Å². The van der Waals surface area contributed by atoms with Crippen molar-refractivity contribution < 1.29 is 8.42 Å². The quantitative estimate of drug-likeness (QED) is 0.637. The third-order valence-corrected chi connectivity index (χ3v) is 7.16. The summed E-state index contributed by atoms with van der Waals surface area (Å²) in [6, 6.07) is 4.66. The molecule has 0 bridgehead atoms. The fraction of sp³-hybridized carbons (Fsp3) is 0.722. The van der Waals surface area contributed by atoms with Crippen molar-refractivity contribution in [2.45, 2.75) is 44.7 Å². The van der Waals surface area contributed by atoms with E-state index in [1.807, 2.05) is 19.3 Å². The van der Waals surface area contributed by atoms with Crippen molar-refractivity contribution in [2.24, 2.45) is 18.0 Å². The summed E-state index contributed by atoms with van der Waals surface area (Å²) in [5, 5.41) is 3.61. The average molecular weight is 367 g/mol. The van der Waals surface area contributed by atoms with Crippen molar-refractivity contribution in [2.75, 3.05) is 25.1 Å². The molecule has 1 aromatic heterocycles. The van der Waals surface area contributed by atoms with Gasteiger partial charge in [-0.25, -0.2) is 8.42 Å². The first-order valence-corrected chi connectivity index (χ1v) is 11.1. The van der Waals surface area contributed by atoms with Crippen LogP contribution in [0.1, 0.15) is 37.8 Å². The highest BCUT2D eigenvalue weighted by Gasteiger charge is 2.28. The minimum Gasteiger partial charge on any atom is -0.354 e. The maximum Gasteiger partial charge on any atom is 0.194 e. The number of guanidine groups is 1. The molecule has 1 aliphatic carbocycles. The lowest BCUT2D eigenvalue weighted by atomic mass is 10.1. The Balaban J connectivity index is 1.67. The Morgan fingerprint density at radius 1 is 1.36 bits per heavy atom. The maximum atomic E-state index is 11.7. The normalized spacial score (nSPS) is 23.9. The molecule has 3 rings (SSSR count). The number of aryl methyl sites for hydroxylation is 1. The molecule has 1 N–H and O–H groups in total. The molecule has 1 unspecified atom stereocenters. The third kappa shape index (κ3) is 5.00. The van der Waals surface area contributed by atoms with Crippen LogP contribution in [0.25, 0.3) is 0 Å². The predicted octanol–water partition coefficient (Wildman–Crippen LogP) is 1.78. The number of nitrogens with one attached hydrogen (secondary N) is 1. The first-order chi connectivity index (χ1) is 11.9. The van der Waals surface area contributed by atoms with E-state index in [0.29, 0.717) is 18.3 Å². The van der Waals surface area contributed by atoms with Gasteiger partial charge in [0.15, 0.2) is 15.8 Å². The average Bonchev–Trinajstić information content (AvgIpc) is 3.27. The first kappa shape index (κ1) is 18.3. The van der Waals surface area contributed by atoms with Crippen LogP contribution in [0.15, 0.2) is 23.3 Å². The predicted molar refractivity (Wildman–Crippen MR) is 101 cm³/mol. The molecule has 25 heavy (non-hydrogen) atoms. The van der Waals surface area contributed by atoms with Crippen LogP contribution in [-0.2, 0) is 23.4 Å². The molecular formula is C18H30N4O2S. The van der Waals surface area contributed by atoms with Crippen molar-refractivity contribution in [3.05, 3.63) is 24.0 Å². The molecule has 2 aliphatic rings. The Morgan fingerprint density at radius 2 is 2.12 bits per heavy atom. The molecule has 0 aromatic carbocycles. The number of aliphatic imine (C=N–C) groups is 1. The molecule has 140 valence electrons. The van der Waals surface area contributed by atoms with Gasteiger partial charge in [0, 0.05) is 38.6 Å². The lowest BCUT2D eigenvalue weighted by Crippen LogP contribution is -2.43. The van der Waals surface area contributed by atoms with Crippen LogP contribution in [-0.4, -0.2) is 55.0 Å². The summed E-state index contributed by atoms with van der Waals surface area (Å²) in [7, 11) is 1.26. The number of rotatable bonds is 5. The molecule has 2 fully saturated rings. The second-order valence-corrected chi connectivity index (χ2v) is 9.75. The van der Waals surface area contributed by atoms with E-state index in [-0.39, 0.29) is 11.7 Å². The van der Waals surface area contributed by atoms with Gasteiger partial charge in [-0.3, -0.25) is 4.99 Å². The van der Waals surface area contributed by atoms with Crippen molar-refractivity contribution in [3.63, 3.8) is 0 Å². The van der Waals surface area contributed by atoms with E-state index in [1.54, 1.807) is 0 Å². The summed E-state index contributed by atoms with van der Waals surface area (Å²) < 4.78 is 25.5. The van der Waals surface area contributed by atoms with Gasteiger partial charge in [0.05, 0.1) is 18.1 Å². The smallest absolute Gasteiger partial charge is 0.194 e. The fourth-order valence-electron chi connectivity index (χ4n) is 3.74. The summed E-state index contributed by atoms with van der Waals surface area (Å²) in [6.45, 7) is 1.37. The van der Waals surface area contributed by atoms with Crippen LogP contribution in [0, 0.1) is 5.92 Å². The van der Waals surface area contributed by atoms with Crippen molar-refractivity contribution in [3.8, 4) is 0 Å². The van der Waals surface area contributed by atoms with Crippen molar-refractivity contribution in [1.29, 1.82) is 0 Å². The number of aromatic nitrogens is 1. The van der Waals surface area contributed by atoms with E-state index in [0.717, 1.165) is 18.9 Å². The third-order valence-electron chi connectivity index (χ3n) is 5.33. The number of hydrogen-bond donors (Lipinski definition) is 1. The summed E-state index contributed by atoms with van der Waals surface area (Å²) >= 11 is 0. The van der Waals surface area contributed by atoms with E-state index >= 15 is 0 Å². The van der Waals surface area contributed by atoms with E-state index in [2.05, 4.69) is 27.9 Å². The molecule has 1 atom stereocenters. The second kappa shape index (κ2) is 7.81. The van der Waals surface area contributed by atoms with Gasteiger partial charge in [-0.05, 0) is 37.3 Å². The summed E-state index contributed by atoms with van der Waals surface area (Å²) in [5.74, 6) is 1.66. The topological polar surface area (TPSA) is 66.7 Å². The van der Waals surface area contributed by atoms with Crippen LogP contribution >= 0.6 is 0 Å². The first-order valence-electron chi connectivity index (χ1n) is 9.26. The van der Waals surface area contributed by atoms with Gasteiger partial charge in [0.1, 0.15) is 0 Å². The zero-order valence-electron chi connectivity index (χ0n) is 15.3. The van der Waals surface area contributed by atoms with E-state index in [9.17, 15) is 8.42 Å². The molecule has 2 heterocycles. The lowest BCUT2D eigenvalue weighted by molar-refractivity contribution is 0.442. The molecule has 0 spiro atoms. The Hall–Kier alpha value is -1.50. The Labute approximate surface area is 151 Å². The van der Waals surface area contributed by atoms with E-state index < -0.39 is 9.84 Å². The van der Waals surface area contributed by atoms with Crippen molar-refractivity contribution in [1.82, 2.24) is 14.8 Å².